The first-order chi connectivity index (χ1) is 14.0. The van der Waals surface area contributed by atoms with E-state index in [2.05, 4.69) is 28.3 Å². The van der Waals surface area contributed by atoms with Crippen molar-refractivity contribution in [2.45, 2.75) is 31.8 Å². The third-order valence-corrected chi connectivity index (χ3v) is 6.76. The highest BCUT2D eigenvalue weighted by atomic mass is 32.1. The summed E-state index contributed by atoms with van der Waals surface area (Å²) in [6.45, 7) is 1.50. The second-order valence-electron chi connectivity index (χ2n) is 7.51. The Morgan fingerprint density at radius 1 is 1.34 bits per heavy atom. The molecule has 156 valence electrons. The van der Waals surface area contributed by atoms with E-state index in [1.807, 2.05) is 24.4 Å². The Labute approximate surface area is 174 Å². The predicted molar refractivity (Wildman–Crippen MR) is 112 cm³/mol. The van der Waals surface area contributed by atoms with Gasteiger partial charge < -0.3 is 15.2 Å². The molecule has 8 heteroatoms. The van der Waals surface area contributed by atoms with E-state index in [-0.39, 0.29) is 12.4 Å². The minimum atomic E-state index is -0.250. The van der Waals surface area contributed by atoms with Gasteiger partial charge in [0.2, 0.25) is 5.91 Å². The molecule has 7 nitrogen and oxygen atoms in total. The van der Waals surface area contributed by atoms with Crippen LogP contribution in [-0.2, 0) is 16.1 Å². The Morgan fingerprint density at radius 3 is 2.83 bits per heavy atom. The second kappa shape index (κ2) is 9.84. The molecule has 0 radical (unpaired) electrons. The Bertz CT molecular complexity index is 841. The fourth-order valence-corrected chi connectivity index (χ4v) is 5.30. The Kier molecular flexibility index (Phi) is 7.22. The van der Waals surface area contributed by atoms with Gasteiger partial charge in [-0.15, -0.1) is 11.3 Å². The Balaban J connectivity index is 0.000000755. The lowest BCUT2D eigenvalue weighted by Crippen LogP contribution is -2.38. The quantitative estimate of drug-likeness (QED) is 0.727. The van der Waals surface area contributed by atoms with E-state index in [4.69, 9.17) is 14.6 Å². The van der Waals surface area contributed by atoms with Crippen molar-refractivity contribution in [3.63, 3.8) is 0 Å². The van der Waals surface area contributed by atoms with Crippen molar-refractivity contribution < 1.29 is 19.4 Å². The standard InChI is InChI=1S/C20H25N3O2S.CH2O2/c1-23(15-7-13-9-19(24)21-10-14(13)8-15)12-16-11-22-20(26-16)17-5-3-4-6-18(17)25-2;2-1-3/h3-6,11,13-15H,7-10,12H2,1-2H3,(H,21,24);1H,(H,2,3)/t13-,14+,15-;/m0./s1. The van der Waals surface area contributed by atoms with Gasteiger partial charge in [0.15, 0.2) is 0 Å². The number of benzene rings is 1. The molecule has 2 fully saturated rings. The molecule has 0 spiro atoms. The normalized spacial score (nSPS) is 23.0. The first kappa shape index (κ1) is 21.3. The largest absolute Gasteiger partial charge is 0.496 e. The van der Waals surface area contributed by atoms with E-state index in [0.717, 1.165) is 35.8 Å². The Hall–Kier alpha value is -2.45. The number of methoxy groups -OCH3 is 1. The first-order valence-electron chi connectivity index (χ1n) is 9.68. The number of hydrogen-bond acceptors (Lipinski definition) is 6. The third kappa shape index (κ3) is 5.13. The van der Waals surface area contributed by atoms with Crippen LogP contribution in [0.2, 0.25) is 0 Å². The lowest BCUT2D eigenvalue weighted by Gasteiger charge is -2.24. The van der Waals surface area contributed by atoms with Gasteiger partial charge in [-0.2, -0.15) is 0 Å². The van der Waals surface area contributed by atoms with Crippen molar-refractivity contribution >= 4 is 23.7 Å². The lowest BCUT2D eigenvalue weighted by molar-refractivity contribution is -0.124. The first-order valence-corrected chi connectivity index (χ1v) is 10.5. The van der Waals surface area contributed by atoms with Gasteiger partial charge in [-0.05, 0) is 43.9 Å². The molecule has 0 unspecified atom stereocenters. The van der Waals surface area contributed by atoms with Crippen LogP contribution in [0.1, 0.15) is 24.1 Å². The van der Waals surface area contributed by atoms with Crippen LogP contribution in [0.4, 0.5) is 0 Å². The van der Waals surface area contributed by atoms with E-state index in [1.54, 1.807) is 18.4 Å². The SMILES string of the molecule is COc1ccccc1-c1ncc(CN(C)[C@H]2C[C@H]3CC(=O)NC[C@H]3C2)s1.O=CO. The van der Waals surface area contributed by atoms with E-state index in [9.17, 15) is 4.79 Å². The molecule has 1 aliphatic heterocycles. The Morgan fingerprint density at radius 2 is 2.07 bits per heavy atom. The van der Waals surface area contributed by atoms with Gasteiger partial charge >= 0.3 is 0 Å². The van der Waals surface area contributed by atoms with Crippen LogP contribution >= 0.6 is 11.3 Å². The van der Waals surface area contributed by atoms with E-state index >= 15 is 0 Å². The maximum Gasteiger partial charge on any atom is 0.290 e. The number of piperidine rings is 1. The number of rotatable bonds is 5. The topological polar surface area (TPSA) is 91.8 Å². The van der Waals surface area contributed by atoms with Crippen LogP contribution in [0, 0.1) is 11.8 Å². The van der Waals surface area contributed by atoms with Gasteiger partial charge in [0.25, 0.3) is 6.47 Å². The lowest BCUT2D eigenvalue weighted by atomic mass is 9.89. The number of hydrogen-bond donors (Lipinski definition) is 2. The van der Waals surface area contributed by atoms with Crippen LogP contribution in [0.5, 0.6) is 5.75 Å². The number of nitrogens with zero attached hydrogens (tertiary/aromatic N) is 2. The molecular formula is C21H27N3O4S. The molecule has 29 heavy (non-hydrogen) atoms. The van der Waals surface area contributed by atoms with E-state index in [1.165, 1.54) is 11.3 Å². The molecule has 1 aliphatic carbocycles. The van der Waals surface area contributed by atoms with E-state index in [0.29, 0.717) is 24.3 Å². The molecule has 2 heterocycles. The van der Waals surface area contributed by atoms with Crippen LogP contribution in [0.25, 0.3) is 10.6 Å². The van der Waals surface area contributed by atoms with Crippen LogP contribution in [0.15, 0.2) is 30.5 Å². The molecule has 1 amide bonds. The highest BCUT2D eigenvalue weighted by Crippen LogP contribution is 2.39. The predicted octanol–water partition coefficient (Wildman–Crippen LogP) is 2.87. The zero-order valence-electron chi connectivity index (χ0n) is 16.7. The zero-order valence-corrected chi connectivity index (χ0v) is 17.5. The number of aromatic nitrogens is 1. The monoisotopic (exact) mass is 417 g/mol. The molecule has 1 aromatic heterocycles. The summed E-state index contributed by atoms with van der Waals surface area (Å²) in [6.07, 6.45) is 5.00. The maximum atomic E-state index is 11.6. The van der Waals surface area contributed by atoms with Crippen molar-refractivity contribution in [3.8, 4) is 16.3 Å². The van der Waals surface area contributed by atoms with Crippen molar-refractivity contribution in [2.75, 3.05) is 20.7 Å². The molecule has 4 rings (SSSR count). The highest BCUT2D eigenvalue weighted by molar-refractivity contribution is 7.15. The third-order valence-electron chi connectivity index (χ3n) is 5.74. The van der Waals surface area contributed by atoms with Crippen molar-refractivity contribution in [2.24, 2.45) is 11.8 Å². The molecule has 2 N–H and O–H groups in total. The van der Waals surface area contributed by atoms with Gasteiger partial charge in [0, 0.05) is 36.6 Å². The maximum absolute atomic E-state index is 11.6. The number of carbonyl (C=O) groups is 2. The highest BCUT2D eigenvalue weighted by Gasteiger charge is 2.39. The van der Waals surface area contributed by atoms with Gasteiger partial charge in [-0.25, -0.2) is 4.98 Å². The molecule has 0 bridgehead atoms. The molecule has 2 aromatic rings. The molecule has 2 aliphatic rings. The van der Waals surface area contributed by atoms with E-state index < -0.39 is 0 Å². The van der Waals surface area contributed by atoms with Crippen LogP contribution in [0.3, 0.4) is 0 Å². The number of thiazole rings is 1. The summed E-state index contributed by atoms with van der Waals surface area (Å²) in [5.74, 6) is 2.28. The summed E-state index contributed by atoms with van der Waals surface area (Å²) >= 11 is 1.73. The summed E-state index contributed by atoms with van der Waals surface area (Å²) in [7, 11) is 3.89. The zero-order chi connectivity index (χ0) is 20.8. The fourth-order valence-electron chi connectivity index (χ4n) is 4.30. The molecule has 1 saturated carbocycles. The summed E-state index contributed by atoms with van der Waals surface area (Å²) < 4.78 is 5.46. The number of carbonyl (C=O) groups excluding carboxylic acids is 1. The fraction of sp³-hybridized carbons (Fsp3) is 0.476. The number of nitrogens with one attached hydrogen (secondary N) is 1. The summed E-state index contributed by atoms with van der Waals surface area (Å²) in [6, 6.07) is 8.56. The van der Waals surface area contributed by atoms with Gasteiger partial charge in [-0.1, -0.05) is 12.1 Å². The molecule has 1 saturated heterocycles. The van der Waals surface area contributed by atoms with Crippen LogP contribution in [-0.4, -0.2) is 54.1 Å². The van der Waals surface area contributed by atoms with Crippen molar-refractivity contribution in [3.05, 3.63) is 35.3 Å². The van der Waals surface area contributed by atoms with Gasteiger partial charge in [0.1, 0.15) is 10.8 Å². The van der Waals surface area contributed by atoms with Gasteiger partial charge in [-0.3, -0.25) is 14.5 Å². The number of ether oxygens (including phenoxy) is 1. The smallest absolute Gasteiger partial charge is 0.290 e. The van der Waals surface area contributed by atoms with Crippen molar-refractivity contribution in [1.82, 2.24) is 15.2 Å². The number of amides is 1. The number of para-hydroxylation sites is 1. The molecular weight excluding hydrogens is 390 g/mol. The number of fused-ring (bicyclic) bond motifs is 1. The summed E-state index contributed by atoms with van der Waals surface area (Å²) in [4.78, 5) is 28.3. The average Bonchev–Trinajstić information content (AvgIpc) is 3.35. The number of carboxylic acid groups (broad SMARTS) is 1. The van der Waals surface area contributed by atoms with Crippen molar-refractivity contribution in [1.29, 1.82) is 0 Å². The summed E-state index contributed by atoms with van der Waals surface area (Å²) in [5.41, 5.74) is 1.05. The van der Waals surface area contributed by atoms with Crippen LogP contribution < -0.4 is 10.1 Å². The minimum Gasteiger partial charge on any atom is -0.496 e. The average molecular weight is 418 g/mol. The van der Waals surface area contributed by atoms with Gasteiger partial charge in [0.05, 0.1) is 12.7 Å². The molecule has 1 aromatic carbocycles. The molecule has 3 atom stereocenters. The summed E-state index contributed by atoms with van der Waals surface area (Å²) in [5, 5.41) is 10.9. The second-order valence-corrected chi connectivity index (χ2v) is 8.62. The minimum absolute atomic E-state index is 0.221.